The summed E-state index contributed by atoms with van der Waals surface area (Å²) in [5.74, 6) is 0.207. The summed E-state index contributed by atoms with van der Waals surface area (Å²) in [6, 6.07) is 5.73. The van der Waals surface area contributed by atoms with Gasteiger partial charge in [0, 0.05) is 37.8 Å². The van der Waals surface area contributed by atoms with Gasteiger partial charge in [-0.15, -0.1) is 0 Å². The number of piperazine rings is 1. The third kappa shape index (κ3) is 3.12. The maximum atomic E-state index is 12.4. The molecule has 110 valence electrons. The normalized spacial score (nSPS) is 18.1. The first-order valence-corrected chi connectivity index (χ1v) is 7.36. The van der Waals surface area contributed by atoms with Crippen LogP contribution in [0.1, 0.15) is 36.2 Å². The SMILES string of the molecule is CCC(C)N1CCN(C(=O)c2ccc(C)c(O)c2)CC1. The lowest BCUT2D eigenvalue weighted by atomic mass is 10.1. The Balaban J connectivity index is 1.99. The van der Waals surface area contributed by atoms with Crippen LogP contribution in [0, 0.1) is 6.92 Å². The van der Waals surface area contributed by atoms with Crippen LogP contribution in [-0.2, 0) is 0 Å². The number of carbonyl (C=O) groups is 1. The summed E-state index contributed by atoms with van der Waals surface area (Å²) < 4.78 is 0. The Kier molecular flexibility index (Phi) is 4.65. The Labute approximate surface area is 121 Å². The zero-order valence-electron chi connectivity index (χ0n) is 12.6. The third-order valence-corrected chi connectivity index (χ3v) is 4.27. The molecule has 1 heterocycles. The molecule has 1 aromatic carbocycles. The molecule has 4 nitrogen and oxygen atoms in total. The molecule has 0 radical (unpaired) electrons. The van der Waals surface area contributed by atoms with Gasteiger partial charge in [-0.3, -0.25) is 9.69 Å². The highest BCUT2D eigenvalue weighted by molar-refractivity contribution is 5.94. The van der Waals surface area contributed by atoms with Gasteiger partial charge >= 0.3 is 0 Å². The van der Waals surface area contributed by atoms with E-state index in [4.69, 9.17) is 0 Å². The number of rotatable bonds is 3. The molecule has 1 N–H and O–H groups in total. The first-order valence-electron chi connectivity index (χ1n) is 7.36. The number of nitrogens with zero attached hydrogens (tertiary/aromatic N) is 2. The minimum Gasteiger partial charge on any atom is -0.508 e. The summed E-state index contributed by atoms with van der Waals surface area (Å²) in [5.41, 5.74) is 1.37. The number of hydrogen-bond donors (Lipinski definition) is 1. The van der Waals surface area contributed by atoms with Crippen LogP contribution in [0.15, 0.2) is 18.2 Å². The van der Waals surface area contributed by atoms with Crippen molar-refractivity contribution < 1.29 is 9.90 Å². The minimum absolute atomic E-state index is 0.0177. The van der Waals surface area contributed by atoms with Gasteiger partial charge in [0.25, 0.3) is 5.91 Å². The van der Waals surface area contributed by atoms with Crippen molar-refractivity contribution in [3.8, 4) is 5.75 Å². The molecule has 1 atom stereocenters. The van der Waals surface area contributed by atoms with Crippen LogP contribution in [0.3, 0.4) is 0 Å². The van der Waals surface area contributed by atoms with Gasteiger partial charge in [-0.25, -0.2) is 0 Å². The number of aryl methyl sites for hydroxylation is 1. The second-order valence-electron chi connectivity index (χ2n) is 5.59. The van der Waals surface area contributed by atoms with E-state index in [9.17, 15) is 9.90 Å². The molecule has 0 bridgehead atoms. The molecule has 0 aliphatic carbocycles. The molecule has 0 saturated carbocycles. The van der Waals surface area contributed by atoms with E-state index < -0.39 is 0 Å². The number of phenols is 1. The predicted octanol–water partition coefficient (Wildman–Crippen LogP) is 2.26. The summed E-state index contributed by atoms with van der Waals surface area (Å²) in [6.45, 7) is 9.63. The van der Waals surface area contributed by atoms with E-state index in [0.29, 0.717) is 11.6 Å². The molecule has 1 aliphatic heterocycles. The van der Waals surface area contributed by atoms with Crippen LogP contribution in [0.2, 0.25) is 0 Å². The Bertz CT molecular complexity index is 479. The fraction of sp³-hybridized carbons (Fsp3) is 0.562. The van der Waals surface area contributed by atoms with E-state index in [1.807, 2.05) is 11.8 Å². The van der Waals surface area contributed by atoms with E-state index in [-0.39, 0.29) is 11.7 Å². The standard InChI is InChI=1S/C16H24N2O2/c1-4-13(3)17-7-9-18(10-8-17)16(20)14-6-5-12(2)15(19)11-14/h5-6,11,13,19H,4,7-10H2,1-3H3. The van der Waals surface area contributed by atoms with Gasteiger partial charge in [-0.1, -0.05) is 13.0 Å². The van der Waals surface area contributed by atoms with Crippen molar-refractivity contribution in [2.24, 2.45) is 0 Å². The predicted molar refractivity (Wildman–Crippen MR) is 80.1 cm³/mol. The highest BCUT2D eigenvalue weighted by Crippen LogP contribution is 2.19. The molecule has 1 saturated heterocycles. The first kappa shape index (κ1) is 14.9. The zero-order valence-corrected chi connectivity index (χ0v) is 12.6. The van der Waals surface area contributed by atoms with Crippen LogP contribution in [0.25, 0.3) is 0 Å². The van der Waals surface area contributed by atoms with Crippen molar-refractivity contribution in [3.63, 3.8) is 0 Å². The summed E-state index contributed by atoms with van der Waals surface area (Å²) in [6.07, 6.45) is 1.14. The monoisotopic (exact) mass is 276 g/mol. The van der Waals surface area contributed by atoms with Gasteiger partial charge in [0.1, 0.15) is 5.75 Å². The molecule has 20 heavy (non-hydrogen) atoms. The number of aromatic hydroxyl groups is 1. The van der Waals surface area contributed by atoms with E-state index in [1.54, 1.807) is 18.2 Å². The lowest BCUT2D eigenvalue weighted by Gasteiger charge is -2.37. The highest BCUT2D eigenvalue weighted by atomic mass is 16.3. The average Bonchev–Trinajstić information content (AvgIpc) is 2.48. The van der Waals surface area contributed by atoms with Gasteiger partial charge in [-0.05, 0) is 38.0 Å². The second kappa shape index (κ2) is 6.27. The van der Waals surface area contributed by atoms with E-state index in [1.165, 1.54) is 0 Å². The number of carbonyl (C=O) groups excluding carboxylic acids is 1. The molecule has 1 fully saturated rings. The largest absolute Gasteiger partial charge is 0.508 e. The molecule has 1 unspecified atom stereocenters. The summed E-state index contributed by atoms with van der Waals surface area (Å²) >= 11 is 0. The van der Waals surface area contributed by atoms with Crippen LogP contribution in [0.5, 0.6) is 5.75 Å². The van der Waals surface area contributed by atoms with Crippen molar-refractivity contribution in [1.29, 1.82) is 0 Å². The highest BCUT2D eigenvalue weighted by Gasteiger charge is 2.24. The van der Waals surface area contributed by atoms with Crippen molar-refractivity contribution in [3.05, 3.63) is 29.3 Å². The number of phenolic OH excluding ortho intramolecular Hbond substituents is 1. The van der Waals surface area contributed by atoms with Crippen molar-refractivity contribution in [2.45, 2.75) is 33.2 Å². The topological polar surface area (TPSA) is 43.8 Å². The van der Waals surface area contributed by atoms with Crippen molar-refractivity contribution in [2.75, 3.05) is 26.2 Å². The van der Waals surface area contributed by atoms with E-state index >= 15 is 0 Å². The molecule has 1 aromatic rings. The van der Waals surface area contributed by atoms with Crippen molar-refractivity contribution in [1.82, 2.24) is 9.80 Å². The number of hydrogen-bond acceptors (Lipinski definition) is 3. The maximum absolute atomic E-state index is 12.4. The van der Waals surface area contributed by atoms with E-state index in [0.717, 1.165) is 38.2 Å². The number of benzene rings is 1. The van der Waals surface area contributed by atoms with Gasteiger partial charge in [0.2, 0.25) is 0 Å². The lowest BCUT2D eigenvalue weighted by molar-refractivity contribution is 0.0579. The second-order valence-corrected chi connectivity index (χ2v) is 5.59. The van der Waals surface area contributed by atoms with Gasteiger partial charge < -0.3 is 10.0 Å². The summed E-state index contributed by atoms with van der Waals surface area (Å²) in [7, 11) is 0. The molecule has 1 aliphatic rings. The lowest BCUT2D eigenvalue weighted by Crippen LogP contribution is -2.51. The van der Waals surface area contributed by atoms with Crippen LogP contribution < -0.4 is 0 Å². The molecular weight excluding hydrogens is 252 g/mol. The van der Waals surface area contributed by atoms with Crippen LogP contribution in [0.4, 0.5) is 0 Å². The quantitative estimate of drug-likeness (QED) is 0.921. The summed E-state index contributed by atoms with van der Waals surface area (Å²) in [4.78, 5) is 16.7. The Morgan fingerprint density at radius 2 is 1.95 bits per heavy atom. The zero-order chi connectivity index (χ0) is 14.7. The smallest absolute Gasteiger partial charge is 0.254 e. The van der Waals surface area contributed by atoms with Gasteiger partial charge in [0.05, 0.1) is 0 Å². The Morgan fingerprint density at radius 3 is 2.50 bits per heavy atom. The molecule has 2 rings (SSSR count). The van der Waals surface area contributed by atoms with Crippen molar-refractivity contribution >= 4 is 5.91 Å². The molecule has 4 heteroatoms. The fourth-order valence-corrected chi connectivity index (χ4v) is 2.55. The minimum atomic E-state index is 0.0177. The van der Waals surface area contributed by atoms with Crippen LogP contribution >= 0.6 is 0 Å². The summed E-state index contributed by atoms with van der Waals surface area (Å²) in [5, 5.41) is 9.72. The molecule has 0 spiro atoms. The fourth-order valence-electron chi connectivity index (χ4n) is 2.55. The van der Waals surface area contributed by atoms with Gasteiger partial charge in [-0.2, -0.15) is 0 Å². The third-order valence-electron chi connectivity index (χ3n) is 4.27. The molecule has 1 amide bonds. The van der Waals surface area contributed by atoms with E-state index in [2.05, 4.69) is 18.7 Å². The first-order chi connectivity index (χ1) is 9.52. The number of amides is 1. The molecular formula is C16H24N2O2. The molecule has 0 aromatic heterocycles. The Hall–Kier alpha value is -1.55. The van der Waals surface area contributed by atoms with Crippen LogP contribution in [-0.4, -0.2) is 53.0 Å². The maximum Gasteiger partial charge on any atom is 0.254 e. The Morgan fingerprint density at radius 1 is 1.30 bits per heavy atom. The van der Waals surface area contributed by atoms with Gasteiger partial charge in [0.15, 0.2) is 0 Å². The average molecular weight is 276 g/mol.